The monoisotopic (exact) mass is 226 g/mol. The molecule has 1 heteroatoms. The zero-order valence-corrected chi connectivity index (χ0v) is 10.2. The van der Waals surface area contributed by atoms with E-state index < -0.39 is 5.60 Å². The Hall–Kier alpha value is -1.34. The van der Waals surface area contributed by atoms with Gasteiger partial charge in [-0.25, -0.2) is 0 Å². The zero-order valence-electron chi connectivity index (χ0n) is 10.2. The molecule has 0 heterocycles. The van der Waals surface area contributed by atoms with E-state index in [9.17, 15) is 5.11 Å². The van der Waals surface area contributed by atoms with Crippen LogP contribution >= 0.6 is 0 Å². The van der Waals surface area contributed by atoms with E-state index in [1.807, 2.05) is 0 Å². The van der Waals surface area contributed by atoms with Gasteiger partial charge in [0.05, 0.1) is 5.60 Å². The summed E-state index contributed by atoms with van der Waals surface area (Å²) in [6.07, 6.45) is 2.67. The molecule has 0 aliphatic heterocycles. The second-order valence-electron chi connectivity index (χ2n) is 5.55. The normalized spacial score (nSPS) is 28.0. The molecular formula is C16H18O. The summed E-state index contributed by atoms with van der Waals surface area (Å²) in [6, 6.07) is 14.8. The Morgan fingerprint density at radius 1 is 1.12 bits per heavy atom. The molecule has 1 N–H and O–H groups in total. The molecule has 0 aromatic heterocycles. The molecule has 17 heavy (non-hydrogen) atoms. The smallest absolute Gasteiger partial charge is 0.0693 e. The summed E-state index contributed by atoms with van der Waals surface area (Å²) in [5, 5.41) is 12.9. The molecule has 1 fully saturated rings. The van der Waals surface area contributed by atoms with E-state index in [4.69, 9.17) is 0 Å². The first-order valence-corrected chi connectivity index (χ1v) is 6.35. The van der Waals surface area contributed by atoms with E-state index in [2.05, 4.69) is 49.4 Å². The first-order valence-electron chi connectivity index (χ1n) is 6.35. The highest BCUT2D eigenvalue weighted by atomic mass is 16.3. The molecule has 1 aliphatic carbocycles. The zero-order chi connectivity index (χ0) is 11.9. The van der Waals surface area contributed by atoms with Gasteiger partial charge in [-0.3, -0.25) is 0 Å². The van der Waals surface area contributed by atoms with Crippen LogP contribution in [0, 0.1) is 5.92 Å². The van der Waals surface area contributed by atoms with Crippen molar-refractivity contribution in [1.82, 2.24) is 0 Å². The van der Waals surface area contributed by atoms with Crippen LogP contribution in [0.2, 0.25) is 0 Å². The second-order valence-corrected chi connectivity index (χ2v) is 5.55. The van der Waals surface area contributed by atoms with Gasteiger partial charge in [0.2, 0.25) is 0 Å². The molecule has 1 saturated carbocycles. The summed E-state index contributed by atoms with van der Waals surface area (Å²) >= 11 is 0. The second kappa shape index (κ2) is 3.85. The predicted octanol–water partition coefficient (Wildman–Crippen LogP) is 3.54. The maximum atomic E-state index is 10.4. The Morgan fingerprint density at radius 2 is 1.82 bits per heavy atom. The Morgan fingerprint density at radius 3 is 2.59 bits per heavy atom. The summed E-state index contributed by atoms with van der Waals surface area (Å²) in [4.78, 5) is 0. The fourth-order valence-electron chi connectivity index (χ4n) is 3.18. The van der Waals surface area contributed by atoms with Gasteiger partial charge < -0.3 is 5.11 Å². The van der Waals surface area contributed by atoms with Crippen molar-refractivity contribution in [2.75, 3.05) is 0 Å². The highest BCUT2D eigenvalue weighted by molar-refractivity contribution is 5.85. The van der Waals surface area contributed by atoms with Crippen LogP contribution in [0.4, 0.5) is 0 Å². The maximum absolute atomic E-state index is 10.4. The molecule has 0 spiro atoms. The van der Waals surface area contributed by atoms with Crippen LogP contribution in [-0.4, -0.2) is 10.7 Å². The van der Waals surface area contributed by atoms with E-state index in [0.29, 0.717) is 5.92 Å². The third-order valence-corrected chi connectivity index (χ3v) is 3.86. The lowest BCUT2D eigenvalue weighted by Crippen LogP contribution is -2.44. The molecule has 88 valence electrons. The Balaban J connectivity index is 1.95. The number of fused-ring (bicyclic) bond motifs is 1. The predicted molar refractivity (Wildman–Crippen MR) is 71.0 cm³/mol. The molecule has 0 amide bonds. The lowest BCUT2D eigenvalue weighted by Gasteiger charge is -2.42. The first kappa shape index (κ1) is 10.8. The molecular weight excluding hydrogens is 208 g/mol. The van der Waals surface area contributed by atoms with E-state index in [0.717, 1.165) is 19.3 Å². The molecule has 1 aliphatic rings. The van der Waals surface area contributed by atoms with Gasteiger partial charge in [-0.1, -0.05) is 49.4 Å². The number of rotatable bonds is 2. The Bertz CT molecular complexity index is 533. The minimum absolute atomic E-state index is 0.455. The highest BCUT2D eigenvalue weighted by Crippen LogP contribution is 2.40. The van der Waals surface area contributed by atoms with Crippen LogP contribution in [0.25, 0.3) is 10.8 Å². The van der Waals surface area contributed by atoms with Crippen LogP contribution in [0.15, 0.2) is 42.5 Å². The minimum Gasteiger partial charge on any atom is -0.390 e. The summed E-state index contributed by atoms with van der Waals surface area (Å²) < 4.78 is 0. The van der Waals surface area contributed by atoms with Crippen LogP contribution in [0.1, 0.15) is 25.3 Å². The summed E-state index contributed by atoms with van der Waals surface area (Å²) in [5.41, 5.74) is 0.821. The van der Waals surface area contributed by atoms with Crippen LogP contribution in [0.3, 0.4) is 0 Å². The molecule has 0 atom stereocenters. The topological polar surface area (TPSA) is 20.2 Å². The minimum atomic E-state index is -0.455. The summed E-state index contributed by atoms with van der Waals surface area (Å²) in [7, 11) is 0. The molecule has 1 nitrogen and oxygen atoms in total. The molecule has 0 unspecified atom stereocenters. The molecule has 0 radical (unpaired) electrons. The van der Waals surface area contributed by atoms with Gasteiger partial charge in [-0.05, 0) is 35.1 Å². The van der Waals surface area contributed by atoms with Gasteiger partial charge >= 0.3 is 0 Å². The fraction of sp³-hybridized carbons (Fsp3) is 0.375. The SMILES string of the molecule is CC1CC(O)(Cc2cccc3ccccc23)C1. The van der Waals surface area contributed by atoms with Crippen molar-refractivity contribution in [3.63, 3.8) is 0 Å². The highest BCUT2D eigenvalue weighted by Gasteiger charge is 2.40. The molecule has 0 bridgehead atoms. The van der Waals surface area contributed by atoms with Crippen molar-refractivity contribution in [2.45, 2.75) is 31.8 Å². The van der Waals surface area contributed by atoms with Gasteiger partial charge in [0.15, 0.2) is 0 Å². The van der Waals surface area contributed by atoms with Gasteiger partial charge in [0.1, 0.15) is 0 Å². The van der Waals surface area contributed by atoms with Gasteiger partial charge in [-0.2, -0.15) is 0 Å². The summed E-state index contributed by atoms with van der Waals surface area (Å²) in [5.74, 6) is 0.676. The number of benzene rings is 2. The van der Waals surface area contributed by atoms with Crippen LogP contribution in [0.5, 0.6) is 0 Å². The van der Waals surface area contributed by atoms with Crippen molar-refractivity contribution >= 4 is 10.8 Å². The van der Waals surface area contributed by atoms with Crippen molar-refractivity contribution in [3.8, 4) is 0 Å². The fourth-order valence-corrected chi connectivity index (χ4v) is 3.18. The van der Waals surface area contributed by atoms with Gasteiger partial charge in [0, 0.05) is 6.42 Å². The molecule has 0 saturated heterocycles. The van der Waals surface area contributed by atoms with Crippen molar-refractivity contribution in [2.24, 2.45) is 5.92 Å². The van der Waals surface area contributed by atoms with Crippen LogP contribution in [-0.2, 0) is 6.42 Å². The largest absolute Gasteiger partial charge is 0.390 e. The molecule has 2 aromatic rings. The third kappa shape index (κ3) is 1.96. The molecule has 2 aromatic carbocycles. The number of hydrogen-bond acceptors (Lipinski definition) is 1. The lowest BCUT2D eigenvalue weighted by molar-refractivity contribution is -0.0663. The average molecular weight is 226 g/mol. The quantitative estimate of drug-likeness (QED) is 0.830. The average Bonchev–Trinajstić information content (AvgIpc) is 2.28. The van der Waals surface area contributed by atoms with Crippen molar-refractivity contribution in [1.29, 1.82) is 0 Å². The van der Waals surface area contributed by atoms with Crippen LogP contribution < -0.4 is 0 Å². The van der Waals surface area contributed by atoms with E-state index in [1.165, 1.54) is 16.3 Å². The van der Waals surface area contributed by atoms with Crippen molar-refractivity contribution < 1.29 is 5.11 Å². The third-order valence-electron chi connectivity index (χ3n) is 3.86. The van der Waals surface area contributed by atoms with Gasteiger partial charge in [-0.15, -0.1) is 0 Å². The lowest BCUT2D eigenvalue weighted by atomic mass is 9.69. The number of hydrogen-bond donors (Lipinski definition) is 1. The van der Waals surface area contributed by atoms with E-state index >= 15 is 0 Å². The first-order chi connectivity index (χ1) is 8.16. The molecule has 3 rings (SSSR count). The van der Waals surface area contributed by atoms with E-state index in [1.54, 1.807) is 0 Å². The van der Waals surface area contributed by atoms with Crippen molar-refractivity contribution in [3.05, 3.63) is 48.0 Å². The number of aliphatic hydroxyl groups is 1. The Kier molecular flexibility index (Phi) is 2.44. The standard InChI is InChI=1S/C16H18O/c1-12-9-16(17,10-12)11-14-7-4-6-13-5-2-3-8-15(13)14/h2-8,12,17H,9-11H2,1H3. The summed E-state index contributed by atoms with van der Waals surface area (Å²) in [6.45, 7) is 2.21. The van der Waals surface area contributed by atoms with Gasteiger partial charge in [0.25, 0.3) is 0 Å². The Labute approximate surface area is 102 Å². The van der Waals surface area contributed by atoms with E-state index in [-0.39, 0.29) is 0 Å². The maximum Gasteiger partial charge on any atom is 0.0693 e.